The molecule has 3 aromatic rings. The molecule has 1 saturated heterocycles. The molecule has 2 aromatic heterocycles. The molecule has 6 heteroatoms. The van der Waals surface area contributed by atoms with Crippen LogP contribution in [-0.2, 0) is 13.0 Å². The molecule has 5 nitrogen and oxygen atoms in total. The van der Waals surface area contributed by atoms with E-state index in [1.807, 2.05) is 13.0 Å². The van der Waals surface area contributed by atoms with Gasteiger partial charge < -0.3 is 10.2 Å². The predicted molar refractivity (Wildman–Crippen MR) is 122 cm³/mol. The second-order valence-corrected chi connectivity index (χ2v) is 8.97. The number of piperidine rings is 1. The monoisotopic (exact) mass is 424 g/mol. The molecule has 0 aliphatic carbocycles. The van der Waals surface area contributed by atoms with E-state index in [-0.39, 0.29) is 5.91 Å². The maximum atomic E-state index is 12.9. The molecule has 158 valence electrons. The molecule has 4 rings (SSSR count). The standard InChI is InChI=1S/C24H29ClN4O/c1-4-21-23(29-15-19(25)7-10-22(29)27-21)24(30)26-12-18-5-8-20(9-6-18)28-13-16(2)11-17(3)14-28/h5-10,15-17H,4,11-14H2,1-3H3,(H,26,30). The van der Waals surface area contributed by atoms with E-state index in [2.05, 4.69) is 53.3 Å². The van der Waals surface area contributed by atoms with Crippen molar-refractivity contribution in [3.8, 4) is 0 Å². The van der Waals surface area contributed by atoms with E-state index in [1.54, 1.807) is 16.7 Å². The van der Waals surface area contributed by atoms with Crippen LogP contribution in [0.5, 0.6) is 0 Å². The number of hydrogen-bond donors (Lipinski definition) is 1. The largest absolute Gasteiger partial charge is 0.371 e. The third-order valence-corrected chi connectivity index (χ3v) is 6.05. The number of carbonyl (C=O) groups excluding carboxylic acids is 1. The molecule has 30 heavy (non-hydrogen) atoms. The second kappa shape index (κ2) is 8.68. The number of hydrogen-bond acceptors (Lipinski definition) is 3. The lowest BCUT2D eigenvalue weighted by atomic mass is 9.91. The third kappa shape index (κ3) is 4.31. The summed E-state index contributed by atoms with van der Waals surface area (Å²) in [5.41, 5.74) is 4.40. The molecule has 1 fully saturated rings. The number of halogens is 1. The lowest BCUT2D eigenvalue weighted by Crippen LogP contribution is -2.38. The minimum Gasteiger partial charge on any atom is -0.371 e. The summed E-state index contributed by atoms with van der Waals surface area (Å²) >= 11 is 6.13. The SMILES string of the molecule is CCc1nc2ccc(Cl)cn2c1C(=O)NCc1ccc(N2CC(C)CC(C)C2)cc1. The Hall–Kier alpha value is -2.53. The maximum absolute atomic E-state index is 12.9. The van der Waals surface area contributed by atoms with Crippen LogP contribution in [0.15, 0.2) is 42.6 Å². The van der Waals surface area contributed by atoms with Crippen molar-refractivity contribution < 1.29 is 4.79 Å². The average Bonchev–Trinajstić information content (AvgIpc) is 3.09. The molecule has 2 unspecified atom stereocenters. The number of imidazole rings is 1. The maximum Gasteiger partial charge on any atom is 0.270 e. The smallest absolute Gasteiger partial charge is 0.270 e. The van der Waals surface area contributed by atoms with E-state index < -0.39 is 0 Å². The van der Waals surface area contributed by atoms with E-state index >= 15 is 0 Å². The summed E-state index contributed by atoms with van der Waals surface area (Å²) in [5, 5.41) is 3.62. The number of anilines is 1. The van der Waals surface area contributed by atoms with Crippen LogP contribution in [-0.4, -0.2) is 28.4 Å². The molecule has 3 heterocycles. The number of benzene rings is 1. The first kappa shape index (κ1) is 20.7. The van der Waals surface area contributed by atoms with Gasteiger partial charge in [-0.2, -0.15) is 0 Å². The van der Waals surface area contributed by atoms with Gasteiger partial charge in [0.2, 0.25) is 0 Å². The first-order valence-corrected chi connectivity index (χ1v) is 11.1. The van der Waals surface area contributed by atoms with Gasteiger partial charge in [-0.25, -0.2) is 4.98 Å². The van der Waals surface area contributed by atoms with Gasteiger partial charge in [0.1, 0.15) is 11.3 Å². The van der Waals surface area contributed by atoms with Gasteiger partial charge in [-0.05, 0) is 54.5 Å². The van der Waals surface area contributed by atoms with Crippen molar-refractivity contribution in [2.24, 2.45) is 11.8 Å². The fourth-order valence-electron chi connectivity index (χ4n) is 4.52. The Morgan fingerprint density at radius 2 is 1.83 bits per heavy atom. The number of rotatable bonds is 5. The van der Waals surface area contributed by atoms with Gasteiger partial charge in [0.25, 0.3) is 5.91 Å². The van der Waals surface area contributed by atoms with Crippen molar-refractivity contribution in [2.75, 3.05) is 18.0 Å². The molecule has 1 amide bonds. The van der Waals surface area contributed by atoms with Gasteiger partial charge in [0, 0.05) is 31.5 Å². The first-order chi connectivity index (χ1) is 14.4. The topological polar surface area (TPSA) is 49.6 Å². The molecule has 1 aliphatic heterocycles. The molecule has 0 radical (unpaired) electrons. The zero-order chi connectivity index (χ0) is 21.3. The van der Waals surface area contributed by atoms with Gasteiger partial charge in [0.15, 0.2) is 0 Å². The summed E-state index contributed by atoms with van der Waals surface area (Å²) in [7, 11) is 0. The number of aromatic nitrogens is 2. The van der Waals surface area contributed by atoms with E-state index in [4.69, 9.17) is 11.6 Å². The van der Waals surface area contributed by atoms with Crippen LogP contribution < -0.4 is 10.2 Å². The van der Waals surface area contributed by atoms with Crippen LogP contribution in [0.1, 0.15) is 48.9 Å². The van der Waals surface area contributed by atoms with Crippen molar-refractivity contribution in [3.05, 3.63) is 64.6 Å². The van der Waals surface area contributed by atoms with Gasteiger partial charge in [-0.15, -0.1) is 0 Å². The molecule has 1 aromatic carbocycles. The fraction of sp³-hybridized carbons (Fsp3) is 0.417. The number of fused-ring (bicyclic) bond motifs is 1. The Labute approximate surface area is 183 Å². The number of carbonyl (C=O) groups is 1. The Morgan fingerprint density at radius 3 is 2.50 bits per heavy atom. The van der Waals surface area contributed by atoms with E-state index in [1.165, 1.54) is 12.1 Å². The highest BCUT2D eigenvalue weighted by Crippen LogP contribution is 2.26. The minimum atomic E-state index is -0.135. The summed E-state index contributed by atoms with van der Waals surface area (Å²) in [4.78, 5) is 20.0. The van der Waals surface area contributed by atoms with Gasteiger partial charge in [-0.3, -0.25) is 9.20 Å². The summed E-state index contributed by atoms with van der Waals surface area (Å²) in [5.74, 6) is 1.31. The highest BCUT2D eigenvalue weighted by Gasteiger charge is 2.22. The highest BCUT2D eigenvalue weighted by atomic mass is 35.5. The summed E-state index contributed by atoms with van der Waals surface area (Å²) in [6, 6.07) is 12.2. The van der Waals surface area contributed by atoms with Crippen molar-refractivity contribution in [3.63, 3.8) is 0 Å². The summed E-state index contributed by atoms with van der Waals surface area (Å²) in [6.45, 7) is 9.34. The zero-order valence-corrected chi connectivity index (χ0v) is 18.6. The molecule has 0 saturated carbocycles. The lowest BCUT2D eigenvalue weighted by molar-refractivity contribution is 0.0944. The van der Waals surface area contributed by atoms with Crippen LogP contribution in [0.3, 0.4) is 0 Å². The molecule has 0 spiro atoms. The molecule has 1 N–H and O–H groups in total. The lowest BCUT2D eigenvalue weighted by Gasteiger charge is -2.36. The summed E-state index contributed by atoms with van der Waals surface area (Å²) < 4.78 is 1.78. The fourth-order valence-corrected chi connectivity index (χ4v) is 4.68. The number of pyridine rings is 1. The van der Waals surface area contributed by atoms with Crippen LogP contribution >= 0.6 is 11.6 Å². The molecule has 0 bridgehead atoms. The van der Waals surface area contributed by atoms with Crippen molar-refractivity contribution in [2.45, 2.75) is 40.2 Å². The first-order valence-electron chi connectivity index (χ1n) is 10.7. The second-order valence-electron chi connectivity index (χ2n) is 8.54. The van der Waals surface area contributed by atoms with E-state index in [0.717, 1.165) is 41.8 Å². The van der Waals surface area contributed by atoms with Crippen molar-refractivity contribution in [1.82, 2.24) is 14.7 Å². The van der Waals surface area contributed by atoms with Crippen LogP contribution in [0.25, 0.3) is 5.65 Å². The third-order valence-electron chi connectivity index (χ3n) is 5.83. The van der Waals surface area contributed by atoms with Crippen LogP contribution in [0.2, 0.25) is 5.02 Å². The predicted octanol–water partition coefficient (Wildman–Crippen LogP) is 4.96. The molecule has 2 atom stereocenters. The normalized spacial score (nSPS) is 19.3. The average molecular weight is 425 g/mol. The number of nitrogens with one attached hydrogen (secondary N) is 1. The number of amides is 1. The Bertz CT molecular complexity index is 1030. The van der Waals surface area contributed by atoms with Crippen LogP contribution in [0, 0.1) is 11.8 Å². The minimum absolute atomic E-state index is 0.135. The Kier molecular flexibility index (Phi) is 6.00. The number of nitrogens with zero attached hydrogens (tertiary/aromatic N) is 3. The Balaban J connectivity index is 1.46. The van der Waals surface area contributed by atoms with E-state index in [0.29, 0.717) is 23.7 Å². The summed E-state index contributed by atoms with van der Waals surface area (Å²) in [6.07, 6.45) is 3.73. The molecule has 1 aliphatic rings. The quantitative estimate of drug-likeness (QED) is 0.629. The Morgan fingerprint density at radius 1 is 1.13 bits per heavy atom. The van der Waals surface area contributed by atoms with Gasteiger partial charge >= 0.3 is 0 Å². The van der Waals surface area contributed by atoms with Gasteiger partial charge in [0.05, 0.1) is 10.7 Å². The molecular formula is C24H29ClN4O. The van der Waals surface area contributed by atoms with Gasteiger partial charge in [-0.1, -0.05) is 44.5 Å². The van der Waals surface area contributed by atoms with Crippen molar-refractivity contribution >= 4 is 28.8 Å². The zero-order valence-electron chi connectivity index (χ0n) is 17.9. The van der Waals surface area contributed by atoms with Crippen LogP contribution in [0.4, 0.5) is 5.69 Å². The molecular weight excluding hydrogens is 396 g/mol. The highest BCUT2D eigenvalue weighted by molar-refractivity contribution is 6.30. The van der Waals surface area contributed by atoms with Crippen molar-refractivity contribution in [1.29, 1.82) is 0 Å². The van der Waals surface area contributed by atoms with E-state index in [9.17, 15) is 4.79 Å². The number of aryl methyl sites for hydroxylation is 1.